The molecule has 0 spiro atoms. The van der Waals surface area contributed by atoms with Gasteiger partial charge < -0.3 is 5.73 Å². The fourth-order valence-electron chi connectivity index (χ4n) is 4.73. The third kappa shape index (κ3) is 2.71. The smallest absolute Gasteiger partial charge is 0.0270 e. The van der Waals surface area contributed by atoms with E-state index in [1.165, 1.54) is 27.1 Å². The largest absolute Gasteiger partial charge is 0.399 e. The summed E-state index contributed by atoms with van der Waals surface area (Å²) in [5, 5.41) is 2.75. The normalized spacial score (nSPS) is 23.4. The lowest BCUT2D eigenvalue weighted by atomic mass is 9.70. The summed E-state index contributed by atoms with van der Waals surface area (Å²) < 4.78 is 0. The zero-order valence-electron chi connectivity index (χ0n) is 15.3. The number of fused-ring (bicyclic) bond motifs is 2. The lowest BCUT2D eigenvalue weighted by Gasteiger charge is -2.34. The molecule has 3 aliphatic carbocycles. The Morgan fingerprint density at radius 1 is 0.852 bits per heavy atom. The van der Waals surface area contributed by atoms with Crippen LogP contribution in [0.3, 0.4) is 0 Å². The summed E-state index contributed by atoms with van der Waals surface area (Å²) in [5.41, 5.74) is 12.6. The van der Waals surface area contributed by atoms with Gasteiger partial charge in [0.05, 0.1) is 0 Å². The topological polar surface area (TPSA) is 26.0 Å². The summed E-state index contributed by atoms with van der Waals surface area (Å²) in [6.07, 6.45) is 15.4. The molecule has 0 aliphatic heterocycles. The summed E-state index contributed by atoms with van der Waals surface area (Å²) in [7, 11) is 0. The van der Waals surface area contributed by atoms with Crippen LogP contribution in [0.5, 0.6) is 0 Å². The van der Waals surface area contributed by atoms with Gasteiger partial charge in [-0.25, -0.2) is 0 Å². The second-order valence-corrected chi connectivity index (χ2v) is 7.49. The number of hydrogen-bond acceptors (Lipinski definition) is 1. The molecule has 2 aromatic carbocycles. The zero-order chi connectivity index (χ0) is 18.2. The van der Waals surface area contributed by atoms with E-state index in [2.05, 4.69) is 91.1 Å². The van der Waals surface area contributed by atoms with Crippen LogP contribution in [0.4, 0.5) is 0 Å². The van der Waals surface area contributed by atoms with Gasteiger partial charge in [-0.2, -0.15) is 0 Å². The van der Waals surface area contributed by atoms with Gasteiger partial charge in [0.15, 0.2) is 0 Å². The van der Waals surface area contributed by atoms with Crippen molar-refractivity contribution >= 4 is 11.1 Å². The first-order chi connectivity index (χ1) is 13.3. The summed E-state index contributed by atoms with van der Waals surface area (Å²) in [6.45, 7) is 0. The molecule has 0 saturated heterocycles. The molecule has 0 heterocycles. The van der Waals surface area contributed by atoms with E-state index < -0.39 is 0 Å². The Morgan fingerprint density at radius 2 is 1.63 bits per heavy atom. The predicted molar refractivity (Wildman–Crippen MR) is 113 cm³/mol. The highest BCUT2D eigenvalue weighted by molar-refractivity contribution is 5.86. The molecule has 0 saturated carbocycles. The van der Waals surface area contributed by atoms with Crippen LogP contribution in [-0.4, -0.2) is 0 Å². The van der Waals surface area contributed by atoms with Crippen LogP contribution in [0.25, 0.3) is 11.1 Å². The zero-order valence-corrected chi connectivity index (χ0v) is 15.3. The van der Waals surface area contributed by atoms with E-state index in [0.717, 1.165) is 18.5 Å². The van der Waals surface area contributed by atoms with E-state index >= 15 is 0 Å². The van der Waals surface area contributed by atoms with Crippen LogP contribution < -0.4 is 16.2 Å². The summed E-state index contributed by atoms with van der Waals surface area (Å²) >= 11 is 0. The maximum absolute atomic E-state index is 5.99. The minimum atomic E-state index is 0.413. The van der Waals surface area contributed by atoms with Crippen molar-refractivity contribution in [3.05, 3.63) is 118 Å². The van der Waals surface area contributed by atoms with Crippen molar-refractivity contribution in [2.45, 2.75) is 12.8 Å². The average molecular weight is 349 g/mol. The molecule has 2 atom stereocenters. The van der Waals surface area contributed by atoms with Crippen LogP contribution >= 0.6 is 0 Å². The fourth-order valence-corrected chi connectivity index (χ4v) is 4.73. The molecule has 132 valence electrons. The second-order valence-electron chi connectivity index (χ2n) is 7.49. The monoisotopic (exact) mass is 349 g/mol. The van der Waals surface area contributed by atoms with Crippen molar-refractivity contribution in [1.82, 2.24) is 0 Å². The van der Waals surface area contributed by atoms with Crippen LogP contribution in [0.15, 0.2) is 102 Å². The first-order valence-electron chi connectivity index (χ1n) is 9.73. The van der Waals surface area contributed by atoms with Gasteiger partial charge in [-0.15, -0.1) is 0 Å². The highest BCUT2D eigenvalue weighted by atomic mass is 14.6. The highest BCUT2D eigenvalue weighted by Crippen LogP contribution is 2.42. The molecule has 2 N–H and O–H groups in total. The average Bonchev–Trinajstić information content (AvgIpc) is 2.73. The molecule has 1 nitrogen and oxygen atoms in total. The molecule has 0 aromatic heterocycles. The Kier molecular flexibility index (Phi) is 3.94. The standard InChI is InChI=1S/C26H23N/c27-20-16-14-19(15-17-20)26-23-12-6-4-10-21(23)25(18-8-2-1-3-9-18)22-11-5-7-13-24(22)26/h1-12,14,16-17,19,24H,13,15,27H2. The van der Waals surface area contributed by atoms with E-state index in [1.807, 2.05) is 0 Å². The summed E-state index contributed by atoms with van der Waals surface area (Å²) in [6, 6.07) is 19.7. The molecule has 0 fully saturated rings. The van der Waals surface area contributed by atoms with Crippen molar-refractivity contribution in [2.24, 2.45) is 17.6 Å². The van der Waals surface area contributed by atoms with Crippen LogP contribution in [0.2, 0.25) is 0 Å². The first-order valence-corrected chi connectivity index (χ1v) is 9.73. The molecule has 0 radical (unpaired) electrons. The lowest BCUT2D eigenvalue weighted by Crippen LogP contribution is -2.39. The van der Waals surface area contributed by atoms with Gasteiger partial charge in [0.1, 0.15) is 0 Å². The maximum atomic E-state index is 5.99. The van der Waals surface area contributed by atoms with E-state index in [-0.39, 0.29) is 0 Å². The van der Waals surface area contributed by atoms with Crippen molar-refractivity contribution in [3.8, 4) is 0 Å². The Balaban J connectivity index is 1.85. The van der Waals surface area contributed by atoms with Crippen LogP contribution in [0.1, 0.15) is 18.4 Å². The van der Waals surface area contributed by atoms with Crippen LogP contribution in [-0.2, 0) is 0 Å². The van der Waals surface area contributed by atoms with E-state index in [9.17, 15) is 0 Å². The molecule has 1 heteroatoms. The Labute approximate surface area is 160 Å². The number of rotatable bonds is 2. The van der Waals surface area contributed by atoms with Crippen LogP contribution in [0, 0.1) is 11.8 Å². The van der Waals surface area contributed by atoms with Gasteiger partial charge in [0.2, 0.25) is 0 Å². The van der Waals surface area contributed by atoms with Gasteiger partial charge in [-0.1, -0.05) is 85.0 Å². The fraction of sp³-hybridized carbons (Fsp3) is 0.154. The van der Waals surface area contributed by atoms with Gasteiger partial charge >= 0.3 is 0 Å². The van der Waals surface area contributed by atoms with E-state index in [1.54, 1.807) is 5.57 Å². The van der Waals surface area contributed by atoms with Gasteiger partial charge in [-0.05, 0) is 51.6 Å². The third-order valence-corrected chi connectivity index (χ3v) is 5.92. The third-order valence-electron chi connectivity index (χ3n) is 5.92. The lowest BCUT2D eigenvalue weighted by molar-refractivity contribution is 0.692. The highest BCUT2D eigenvalue weighted by Gasteiger charge is 2.31. The number of benzene rings is 2. The van der Waals surface area contributed by atoms with Crippen molar-refractivity contribution < 1.29 is 0 Å². The van der Waals surface area contributed by atoms with E-state index in [4.69, 9.17) is 5.73 Å². The molecular formula is C26H23N. The Hall–Kier alpha value is -3.06. The molecule has 27 heavy (non-hydrogen) atoms. The van der Waals surface area contributed by atoms with Crippen molar-refractivity contribution in [3.63, 3.8) is 0 Å². The van der Waals surface area contributed by atoms with Crippen molar-refractivity contribution in [2.75, 3.05) is 0 Å². The molecule has 0 bridgehead atoms. The second kappa shape index (κ2) is 6.59. The molecule has 2 aromatic rings. The summed E-state index contributed by atoms with van der Waals surface area (Å²) in [4.78, 5) is 0. The minimum absolute atomic E-state index is 0.413. The SMILES string of the molecule is NC1=CCC(C2=c3ccccc3=C(c3ccccc3)C3=CC=CCC32)C=C1. The minimum Gasteiger partial charge on any atom is -0.399 e. The van der Waals surface area contributed by atoms with E-state index in [0.29, 0.717) is 11.8 Å². The Bertz CT molecular complexity index is 1130. The predicted octanol–water partition coefficient (Wildman–Crippen LogP) is 3.97. The summed E-state index contributed by atoms with van der Waals surface area (Å²) in [5.74, 6) is 0.846. The number of hydrogen-bond donors (Lipinski definition) is 1. The van der Waals surface area contributed by atoms with Crippen molar-refractivity contribution in [1.29, 1.82) is 0 Å². The molecule has 2 unspecified atom stereocenters. The number of allylic oxidation sites excluding steroid dienone is 7. The van der Waals surface area contributed by atoms with Gasteiger partial charge in [0.25, 0.3) is 0 Å². The molecule has 3 aliphatic rings. The molecule has 5 rings (SSSR count). The number of nitrogens with two attached hydrogens (primary N) is 1. The first kappa shape index (κ1) is 16.1. The molecule has 0 amide bonds. The molecular weight excluding hydrogens is 326 g/mol. The maximum Gasteiger partial charge on any atom is 0.0270 e. The van der Waals surface area contributed by atoms with Gasteiger partial charge in [0, 0.05) is 17.5 Å². The van der Waals surface area contributed by atoms with Gasteiger partial charge in [-0.3, -0.25) is 0 Å². The Morgan fingerprint density at radius 3 is 2.41 bits per heavy atom. The quantitative estimate of drug-likeness (QED) is 0.872.